The van der Waals surface area contributed by atoms with Crippen LogP contribution in [0.3, 0.4) is 0 Å². The topological polar surface area (TPSA) is 103 Å². The first-order chi connectivity index (χ1) is 45.6. The van der Waals surface area contributed by atoms with Gasteiger partial charge in [0.25, 0.3) is 0 Å². The maximum atomic E-state index is 4.91. The molecule has 92 heavy (non-hydrogen) atoms. The zero-order valence-electron chi connectivity index (χ0n) is 49.9. The second-order valence-corrected chi connectivity index (χ2v) is 22.4. The minimum atomic E-state index is 0.643. The largest absolute Gasteiger partial charge is 0.265 e. The Balaban J connectivity index is 0.000000153. The summed E-state index contributed by atoms with van der Waals surface area (Å²) < 4.78 is 0. The molecule has 4 heterocycles. The van der Waals surface area contributed by atoms with E-state index in [0.29, 0.717) is 34.9 Å². The number of hydrogen-bond acceptors (Lipinski definition) is 8. The molecule has 0 aliphatic heterocycles. The molecule has 8 heteroatoms. The van der Waals surface area contributed by atoms with Crippen molar-refractivity contribution in [2.24, 2.45) is 0 Å². The van der Waals surface area contributed by atoms with Gasteiger partial charge in [-0.2, -0.15) is 0 Å². The smallest absolute Gasteiger partial charge is 0.164 e. The maximum absolute atomic E-state index is 4.91. The van der Waals surface area contributed by atoms with E-state index in [1.165, 1.54) is 54.9 Å². The molecule has 12 aromatic carbocycles. The lowest BCUT2D eigenvalue weighted by Gasteiger charge is -2.14. The number of rotatable bonds is 12. The van der Waals surface area contributed by atoms with E-state index in [4.69, 9.17) is 29.9 Å². The maximum Gasteiger partial charge on any atom is 0.164 e. The normalized spacial score (nSPS) is 11.0. The van der Waals surface area contributed by atoms with Crippen LogP contribution in [0, 0.1) is 0 Å². The third kappa shape index (κ3) is 12.1. The first kappa shape index (κ1) is 56.0. The van der Waals surface area contributed by atoms with Crippen LogP contribution in [0.25, 0.3) is 157 Å². The van der Waals surface area contributed by atoms with E-state index < -0.39 is 0 Å². The molecule has 0 aliphatic carbocycles. The van der Waals surface area contributed by atoms with Crippen LogP contribution in [0.1, 0.15) is 0 Å². The average molecular weight is 1180 g/mol. The lowest BCUT2D eigenvalue weighted by Crippen LogP contribution is -2.00. The van der Waals surface area contributed by atoms with Crippen LogP contribution in [0.5, 0.6) is 0 Å². The lowest BCUT2D eigenvalue weighted by atomic mass is 9.90. The lowest BCUT2D eigenvalue weighted by molar-refractivity contribution is 1.07. The van der Waals surface area contributed by atoms with Gasteiger partial charge in [-0.05, 0) is 131 Å². The number of pyridine rings is 2. The van der Waals surface area contributed by atoms with Crippen molar-refractivity contribution >= 4 is 21.5 Å². The van der Waals surface area contributed by atoms with E-state index in [9.17, 15) is 0 Å². The fraction of sp³-hybridized carbons (Fsp3) is 0. The molecule has 0 bridgehead atoms. The summed E-state index contributed by atoms with van der Waals surface area (Å²) in [5.74, 6) is 3.90. The molecular formula is C84H56N8. The molecule has 0 saturated carbocycles. The number of hydrogen-bond donors (Lipinski definition) is 0. The Kier molecular flexibility index (Phi) is 15.6. The van der Waals surface area contributed by atoms with Gasteiger partial charge in [0.05, 0.1) is 0 Å². The highest BCUT2D eigenvalue weighted by molar-refractivity contribution is 5.98. The number of nitrogens with zero attached hydrogens (tertiary/aromatic N) is 8. The van der Waals surface area contributed by atoms with Crippen molar-refractivity contribution in [3.05, 3.63) is 340 Å². The minimum Gasteiger partial charge on any atom is -0.265 e. The van der Waals surface area contributed by atoms with Crippen molar-refractivity contribution in [3.8, 4) is 135 Å². The summed E-state index contributed by atoms with van der Waals surface area (Å²) in [6.45, 7) is 0. The fourth-order valence-electron chi connectivity index (χ4n) is 11.7. The average Bonchev–Trinajstić information content (AvgIpc) is 1.02. The van der Waals surface area contributed by atoms with Crippen LogP contribution in [0.4, 0.5) is 0 Å². The Morgan fingerprint density at radius 1 is 0.152 bits per heavy atom. The molecule has 0 fully saturated rings. The fourth-order valence-corrected chi connectivity index (χ4v) is 11.7. The van der Waals surface area contributed by atoms with Gasteiger partial charge in [0.1, 0.15) is 0 Å². The van der Waals surface area contributed by atoms with E-state index in [2.05, 4.69) is 186 Å². The van der Waals surface area contributed by atoms with Crippen LogP contribution in [0.15, 0.2) is 340 Å². The zero-order chi connectivity index (χ0) is 61.4. The molecule has 432 valence electrons. The highest BCUT2D eigenvalue weighted by atomic mass is 15.0. The van der Waals surface area contributed by atoms with Crippen molar-refractivity contribution in [1.29, 1.82) is 0 Å². The monoisotopic (exact) mass is 1180 g/mol. The summed E-state index contributed by atoms with van der Waals surface area (Å²) in [5.41, 5.74) is 19.5. The van der Waals surface area contributed by atoms with Crippen molar-refractivity contribution in [2.75, 3.05) is 0 Å². The third-order valence-electron chi connectivity index (χ3n) is 16.5. The zero-order valence-corrected chi connectivity index (χ0v) is 49.9. The molecule has 0 radical (unpaired) electrons. The molecule has 0 spiro atoms. The van der Waals surface area contributed by atoms with Gasteiger partial charge in [-0.25, -0.2) is 29.9 Å². The van der Waals surface area contributed by atoms with Crippen LogP contribution in [-0.4, -0.2) is 39.9 Å². The van der Waals surface area contributed by atoms with Crippen LogP contribution in [-0.2, 0) is 0 Å². The molecule has 0 N–H and O–H groups in total. The van der Waals surface area contributed by atoms with Crippen molar-refractivity contribution in [3.63, 3.8) is 0 Å². The van der Waals surface area contributed by atoms with Gasteiger partial charge in [0.2, 0.25) is 0 Å². The minimum absolute atomic E-state index is 0.643. The van der Waals surface area contributed by atoms with Gasteiger partial charge < -0.3 is 0 Å². The van der Waals surface area contributed by atoms with Crippen molar-refractivity contribution < 1.29 is 0 Å². The number of fused-ring (bicyclic) bond motifs is 2. The second kappa shape index (κ2) is 25.7. The molecular weight excluding hydrogens is 1120 g/mol. The Morgan fingerprint density at radius 2 is 0.380 bits per heavy atom. The Labute approximate surface area is 533 Å². The first-order valence-electron chi connectivity index (χ1n) is 30.6. The summed E-state index contributed by atoms with van der Waals surface area (Å²) in [6.07, 6.45) is 7.36. The SMILES string of the molecule is c1ccc(-c2nc(-c3ccccc3)nc(-c3ccc(-c4cc5ccccc5cc4-c4ccc(-c5cccnc5)cc4)cc3)n2)cc1.c1ccc(-c2nc(-c3ccccc3)nc(-c3ccc(-c4cc5ccccc5cc4-c4ccc(-c5ccncc5)cc4)cc3)n2)cc1. The van der Waals surface area contributed by atoms with Crippen LogP contribution < -0.4 is 0 Å². The summed E-state index contributed by atoms with van der Waals surface area (Å²) >= 11 is 0. The van der Waals surface area contributed by atoms with E-state index in [0.717, 1.165) is 66.8 Å². The Bertz CT molecular complexity index is 4750. The molecule has 8 nitrogen and oxygen atoms in total. The first-order valence-corrected chi connectivity index (χ1v) is 30.6. The molecule has 16 aromatic rings. The quantitative estimate of drug-likeness (QED) is 0.119. The molecule has 0 aliphatic rings. The standard InChI is InChI=1S/2C42H28N4/c1-3-10-32(11-4-1)40-44-41(33-12-5-2-6-13-33)46-42(45-40)34-23-21-31(22-24-34)39-27-36-15-8-7-14-35(36)26-38(39)30-19-17-29(18-20-30)37-16-9-25-43-28-37;1-3-9-33(10-4-1)40-44-41(34-11-5-2-6-12-34)46-42(45-40)35-21-19-32(20-22-35)39-28-37-14-8-7-13-36(37)27-38(39)31-17-15-29(16-18-31)30-23-25-43-26-24-30/h2*1-28H. The molecule has 16 rings (SSSR count). The predicted molar refractivity (Wildman–Crippen MR) is 375 cm³/mol. The summed E-state index contributed by atoms with van der Waals surface area (Å²) in [5, 5.41) is 4.83. The highest BCUT2D eigenvalue weighted by Crippen LogP contribution is 2.40. The summed E-state index contributed by atoms with van der Waals surface area (Å²) in [7, 11) is 0. The highest BCUT2D eigenvalue weighted by Gasteiger charge is 2.18. The van der Waals surface area contributed by atoms with Crippen molar-refractivity contribution in [1.82, 2.24) is 39.9 Å². The Hall–Kier alpha value is -12.5. The molecule has 0 amide bonds. The van der Waals surface area contributed by atoms with Crippen LogP contribution in [0.2, 0.25) is 0 Å². The van der Waals surface area contributed by atoms with E-state index >= 15 is 0 Å². The van der Waals surface area contributed by atoms with E-state index in [-0.39, 0.29) is 0 Å². The summed E-state index contributed by atoms with van der Waals surface area (Å²) in [4.78, 5) is 37.8. The van der Waals surface area contributed by atoms with Crippen LogP contribution >= 0.6 is 0 Å². The van der Waals surface area contributed by atoms with Gasteiger partial charge in [-0.15, -0.1) is 0 Å². The molecule has 0 saturated heterocycles. The molecule has 0 atom stereocenters. The molecule has 4 aromatic heterocycles. The third-order valence-corrected chi connectivity index (χ3v) is 16.5. The van der Waals surface area contributed by atoms with Gasteiger partial charge in [-0.1, -0.05) is 273 Å². The van der Waals surface area contributed by atoms with Crippen molar-refractivity contribution in [2.45, 2.75) is 0 Å². The predicted octanol–water partition coefficient (Wildman–Crippen LogP) is 20.8. The van der Waals surface area contributed by atoms with Gasteiger partial charge in [0, 0.05) is 58.2 Å². The molecule has 0 unspecified atom stereocenters. The Morgan fingerprint density at radius 3 is 0.663 bits per heavy atom. The second-order valence-electron chi connectivity index (χ2n) is 22.4. The van der Waals surface area contributed by atoms with Gasteiger partial charge >= 0.3 is 0 Å². The van der Waals surface area contributed by atoms with Gasteiger partial charge in [-0.3, -0.25) is 9.97 Å². The number of benzene rings is 12. The van der Waals surface area contributed by atoms with E-state index in [1.54, 1.807) is 6.20 Å². The van der Waals surface area contributed by atoms with E-state index in [1.807, 2.05) is 158 Å². The number of aromatic nitrogens is 8. The summed E-state index contributed by atoms with van der Waals surface area (Å²) in [6, 6.07) is 109. The van der Waals surface area contributed by atoms with Gasteiger partial charge in [0.15, 0.2) is 34.9 Å².